The highest BCUT2D eigenvalue weighted by Gasteiger charge is 1.95. The number of rotatable bonds is 3. The molecule has 0 saturated heterocycles. The molecule has 0 aromatic carbocycles. The van der Waals surface area contributed by atoms with Gasteiger partial charge >= 0.3 is 0 Å². The summed E-state index contributed by atoms with van der Waals surface area (Å²) in [6.07, 6.45) is 0. The molecular formula is C5H10N2S. The van der Waals surface area contributed by atoms with Crippen molar-refractivity contribution in [2.75, 3.05) is 12.3 Å². The maximum atomic E-state index is 8.25. The van der Waals surface area contributed by atoms with Gasteiger partial charge in [-0.2, -0.15) is 5.26 Å². The molecule has 0 heterocycles. The minimum absolute atomic E-state index is 0.0959. The Bertz CT molecular complexity index is 86.9. The molecular weight excluding hydrogens is 120 g/mol. The summed E-state index contributed by atoms with van der Waals surface area (Å²) in [6, 6.07) is 2.11. The van der Waals surface area contributed by atoms with Gasteiger partial charge in [0.05, 0.1) is 11.3 Å². The minimum atomic E-state index is 0.0959. The fourth-order valence-corrected chi connectivity index (χ4v) is 0.846. The summed E-state index contributed by atoms with van der Waals surface area (Å²) in [5.41, 5.74) is 5.20. The molecule has 2 nitrogen and oxygen atoms in total. The molecule has 0 rings (SSSR count). The lowest BCUT2D eigenvalue weighted by Crippen LogP contribution is -2.04. The Morgan fingerprint density at radius 2 is 2.50 bits per heavy atom. The second-order valence-electron chi connectivity index (χ2n) is 1.43. The fourth-order valence-electron chi connectivity index (χ4n) is 0.282. The lowest BCUT2D eigenvalue weighted by Gasteiger charge is -1.96. The van der Waals surface area contributed by atoms with Crippen LogP contribution in [0.1, 0.15) is 6.92 Å². The number of hydrogen-bond donors (Lipinski definition) is 1. The molecule has 1 atom stereocenters. The molecule has 0 aliphatic heterocycles. The highest BCUT2D eigenvalue weighted by Crippen LogP contribution is 2.06. The third-order valence-electron chi connectivity index (χ3n) is 0.668. The van der Waals surface area contributed by atoms with Crippen LogP contribution in [0.4, 0.5) is 0 Å². The highest BCUT2D eigenvalue weighted by molar-refractivity contribution is 8.00. The fraction of sp³-hybridized carbons (Fsp3) is 0.800. The van der Waals surface area contributed by atoms with E-state index in [-0.39, 0.29) is 5.25 Å². The van der Waals surface area contributed by atoms with E-state index in [0.29, 0.717) is 6.54 Å². The van der Waals surface area contributed by atoms with Gasteiger partial charge in [0, 0.05) is 12.3 Å². The summed E-state index contributed by atoms with van der Waals surface area (Å²) in [7, 11) is 0. The van der Waals surface area contributed by atoms with Crippen molar-refractivity contribution in [3.8, 4) is 6.07 Å². The van der Waals surface area contributed by atoms with Crippen molar-refractivity contribution in [3.63, 3.8) is 0 Å². The number of nitrogens with two attached hydrogens (primary N) is 1. The summed E-state index contributed by atoms with van der Waals surface area (Å²) >= 11 is 1.59. The minimum Gasteiger partial charge on any atom is -0.330 e. The molecule has 0 aromatic rings. The van der Waals surface area contributed by atoms with Gasteiger partial charge in [-0.15, -0.1) is 11.8 Å². The zero-order valence-electron chi connectivity index (χ0n) is 4.92. The Morgan fingerprint density at radius 3 is 2.88 bits per heavy atom. The van der Waals surface area contributed by atoms with Crippen LogP contribution in [0.2, 0.25) is 0 Å². The summed E-state index contributed by atoms with van der Waals surface area (Å²) in [4.78, 5) is 0. The van der Waals surface area contributed by atoms with Crippen molar-refractivity contribution in [2.45, 2.75) is 12.2 Å². The van der Waals surface area contributed by atoms with E-state index in [0.717, 1.165) is 5.75 Å². The molecule has 8 heavy (non-hydrogen) atoms. The number of hydrogen-bond acceptors (Lipinski definition) is 3. The summed E-state index contributed by atoms with van der Waals surface area (Å²) in [5, 5.41) is 8.35. The Kier molecular flexibility index (Phi) is 4.82. The molecule has 0 amide bonds. The molecule has 0 aromatic heterocycles. The summed E-state index contributed by atoms with van der Waals surface area (Å²) in [5.74, 6) is 0.884. The SMILES string of the molecule is CC(C#N)SCCN. The van der Waals surface area contributed by atoms with Crippen molar-refractivity contribution in [1.29, 1.82) is 5.26 Å². The van der Waals surface area contributed by atoms with Gasteiger partial charge in [-0.3, -0.25) is 0 Å². The van der Waals surface area contributed by atoms with Gasteiger partial charge in [-0.25, -0.2) is 0 Å². The quantitative estimate of drug-likeness (QED) is 0.608. The monoisotopic (exact) mass is 130 g/mol. The third-order valence-corrected chi connectivity index (χ3v) is 1.74. The predicted molar refractivity (Wildman–Crippen MR) is 36.6 cm³/mol. The number of thioether (sulfide) groups is 1. The second kappa shape index (κ2) is 4.95. The van der Waals surface area contributed by atoms with Crippen molar-refractivity contribution in [3.05, 3.63) is 0 Å². The first-order chi connectivity index (χ1) is 3.81. The van der Waals surface area contributed by atoms with Crippen LogP contribution in [0.15, 0.2) is 0 Å². The lowest BCUT2D eigenvalue weighted by atomic mass is 10.5. The van der Waals surface area contributed by atoms with Crippen LogP contribution in [0.25, 0.3) is 0 Å². The van der Waals surface area contributed by atoms with E-state index >= 15 is 0 Å². The highest BCUT2D eigenvalue weighted by atomic mass is 32.2. The summed E-state index contributed by atoms with van der Waals surface area (Å²) in [6.45, 7) is 2.54. The standard InChI is InChI=1S/C5H10N2S/c1-5(4-7)8-3-2-6/h5H,2-3,6H2,1H3. The van der Waals surface area contributed by atoms with Gasteiger partial charge in [0.1, 0.15) is 0 Å². The number of nitrogens with zero attached hydrogens (tertiary/aromatic N) is 1. The molecule has 0 bridgehead atoms. The second-order valence-corrected chi connectivity index (χ2v) is 2.88. The number of nitriles is 1. The van der Waals surface area contributed by atoms with E-state index in [9.17, 15) is 0 Å². The van der Waals surface area contributed by atoms with Crippen LogP contribution < -0.4 is 5.73 Å². The van der Waals surface area contributed by atoms with E-state index in [2.05, 4.69) is 6.07 Å². The topological polar surface area (TPSA) is 49.8 Å². The smallest absolute Gasteiger partial charge is 0.0889 e. The average molecular weight is 130 g/mol. The van der Waals surface area contributed by atoms with Crippen LogP contribution in [0, 0.1) is 11.3 Å². The van der Waals surface area contributed by atoms with Crippen LogP contribution in [-0.4, -0.2) is 17.5 Å². The van der Waals surface area contributed by atoms with Gasteiger partial charge in [0.15, 0.2) is 0 Å². The van der Waals surface area contributed by atoms with Crippen LogP contribution in [0.5, 0.6) is 0 Å². The molecule has 0 fully saturated rings. The Hall–Kier alpha value is -0.200. The van der Waals surface area contributed by atoms with Crippen molar-refractivity contribution >= 4 is 11.8 Å². The van der Waals surface area contributed by atoms with Crippen molar-refractivity contribution < 1.29 is 0 Å². The first kappa shape index (κ1) is 7.80. The van der Waals surface area contributed by atoms with E-state index in [1.165, 1.54) is 0 Å². The van der Waals surface area contributed by atoms with Gasteiger partial charge < -0.3 is 5.73 Å². The normalized spacial score (nSPS) is 12.6. The first-order valence-corrected chi connectivity index (χ1v) is 3.57. The van der Waals surface area contributed by atoms with Crippen molar-refractivity contribution in [2.24, 2.45) is 5.73 Å². The van der Waals surface area contributed by atoms with Crippen LogP contribution in [0.3, 0.4) is 0 Å². The predicted octanol–water partition coefficient (Wildman–Crippen LogP) is 0.590. The van der Waals surface area contributed by atoms with E-state index in [1.807, 2.05) is 6.92 Å². The Labute approximate surface area is 54.1 Å². The molecule has 3 heteroatoms. The maximum Gasteiger partial charge on any atom is 0.0889 e. The molecule has 1 unspecified atom stereocenters. The molecule has 0 radical (unpaired) electrons. The molecule has 0 aliphatic rings. The molecule has 2 N–H and O–H groups in total. The van der Waals surface area contributed by atoms with Crippen molar-refractivity contribution in [1.82, 2.24) is 0 Å². The lowest BCUT2D eigenvalue weighted by molar-refractivity contribution is 1.14. The van der Waals surface area contributed by atoms with Gasteiger partial charge in [-0.05, 0) is 6.92 Å². The van der Waals surface area contributed by atoms with Gasteiger partial charge in [-0.1, -0.05) is 0 Å². The molecule has 0 aliphatic carbocycles. The Balaban J connectivity index is 3.02. The van der Waals surface area contributed by atoms with E-state index < -0.39 is 0 Å². The molecule has 0 spiro atoms. The van der Waals surface area contributed by atoms with Gasteiger partial charge in [0.25, 0.3) is 0 Å². The largest absolute Gasteiger partial charge is 0.330 e. The van der Waals surface area contributed by atoms with Crippen LogP contribution >= 0.6 is 11.8 Å². The first-order valence-electron chi connectivity index (χ1n) is 2.52. The van der Waals surface area contributed by atoms with E-state index in [4.69, 9.17) is 11.0 Å². The zero-order chi connectivity index (χ0) is 6.41. The molecule has 0 saturated carbocycles. The zero-order valence-corrected chi connectivity index (χ0v) is 5.74. The van der Waals surface area contributed by atoms with Crippen LogP contribution in [-0.2, 0) is 0 Å². The summed E-state index contributed by atoms with van der Waals surface area (Å²) < 4.78 is 0. The molecule has 46 valence electrons. The van der Waals surface area contributed by atoms with E-state index in [1.54, 1.807) is 11.8 Å². The maximum absolute atomic E-state index is 8.25. The third kappa shape index (κ3) is 3.97. The van der Waals surface area contributed by atoms with Gasteiger partial charge in [0.2, 0.25) is 0 Å². The average Bonchev–Trinajstić information content (AvgIpc) is 1.83. The Morgan fingerprint density at radius 1 is 1.88 bits per heavy atom.